The van der Waals surface area contributed by atoms with Crippen molar-refractivity contribution in [3.63, 3.8) is 0 Å². The molecule has 0 saturated carbocycles. The first-order chi connectivity index (χ1) is 7.88. The molecule has 1 aliphatic heterocycles. The Labute approximate surface area is 96.6 Å². The van der Waals surface area contributed by atoms with Crippen molar-refractivity contribution in [2.75, 3.05) is 6.61 Å². The van der Waals surface area contributed by atoms with E-state index in [1.165, 1.54) is 6.92 Å². The number of esters is 2. The molecular weight excluding hydrogens is 232 g/mol. The lowest BCUT2D eigenvalue weighted by atomic mass is 10.1. The maximum atomic E-state index is 11.3. The zero-order valence-electron chi connectivity index (χ0n) is 9.30. The van der Waals surface area contributed by atoms with Crippen LogP contribution >= 0.6 is 0 Å². The molecule has 7 heteroatoms. The van der Waals surface area contributed by atoms with Crippen LogP contribution in [0.4, 0.5) is 0 Å². The van der Waals surface area contributed by atoms with Gasteiger partial charge in [-0.25, -0.2) is 9.59 Å². The lowest BCUT2D eigenvalue weighted by Crippen LogP contribution is -2.30. The Morgan fingerprint density at radius 3 is 2.59 bits per heavy atom. The summed E-state index contributed by atoms with van der Waals surface area (Å²) < 4.78 is 9.25. The molecule has 94 valence electrons. The van der Waals surface area contributed by atoms with Gasteiger partial charge in [0.2, 0.25) is 11.5 Å². The van der Waals surface area contributed by atoms with Crippen molar-refractivity contribution in [2.45, 2.75) is 26.1 Å². The molecule has 2 atom stereocenters. The second kappa shape index (κ2) is 5.07. The fourth-order valence-electron chi connectivity index (χ4n) is 1.30. The van der Waals surface area contributed by atoms with Crippen LogP contribution in [0.5, 0.6) is 0 Å². The van der Waals surface area contributed by atoms with Gasteiger partial charge < -0.3 is 19.7 Å². The predicted octanol–water partition coefficient (Wildman–Crippen LogP) is -1.33. The average molecular weight is 244 g/mol. The van der Waals surface area contributed by atoms with Crippen LogP contribution in [-0.2, 0) is 23.9 Å². The highest BCUT2D eigenvalue weighted by Gasteiger charge is 2.38. The number of ketones is 1. The van der Waals surface area contributed by atoms with E-state index in [9.17, 15) is 19.5 Å². The summed E-state index contributed by atoms with van der Waals surface area (Å²) in [6.07, 6.45) is -2.37. The Morgan fingerprint density at radius 1 is 1.53 bits per heavy atom. The Morgan fingerprint density at radius 2 is 2.12 bits per heavy atom. The number of Topliss-reactive ketones (excluding diaryl/α,β-unsaturated/α-hetero) is 1. The summed E-state index contributed by atoms with van der Waals surface area (Å²) in [5, 5.41) is 18.1. The van der Waals surface area contributed by atoms with Gasteiger partial charge in [-0.1, -0.05) is 0 Å². The number of hydrogen-bond acceptors (Lipinski definition) is 7. The number of rotatable bonds is 4. The highest BCUT2D eigenvalue weighted by Crippen LogP contribution is 2.25. The molecule has 7 nitrogen and oxygen atoms in total. The second-order valence-electron chi connectivity index (χ2n) is 3.53. The Hall–Kier alpha value is -1.73. The summed E-state index contributed by atoms with van der Waals surface area (Å²) >= 11 is 0. The number of ether oxygens (including phenoxy) is 2. The first kappa shape index (κ1) is 13.3. The maximum absolute atomic E-state index is 11.3. The fraction of sp³-hybridized carbons (Fsp3) is 0.500. The minimum absolute atomic E-state index is 0.158. The van der Waals surface area contributed by atoms with Crippen molar-refractivity contribution in [1.82, 2.24) is 0 Å². The SMILES string of the molecule is CC(=O)C(=O)OC1=C(C)C(C(O)CO)OC1=O. The van der Waals surface area contributed by atoms with Gasteiger partial charge in [-0.2, -0.15) is 0 Å². The Balaban J connectivity index is 2.89. The molecule has 0 amide bonds. The van der Waals surface area contributed by atoms with Crippen LogP contribution < -0.4 is 0 Å². The van der Waals surface area contributed by atoms with Gasteiger partial charge in [0.05, 0.1) is 6.61 Å². The molecule has 0 aliphatic carbocycles. The number of carbonyl (C=O) groups is 3. The van der Waals surface area contributed by atoms with Crippen LogP contribution in [0.2, 0.25) is 0 Å². The van der Waals surface area contributed by atoms with Gasteiger partial charge in [0.1, 0.15) is 6.10 Å². The molecule has 0 radical (unpaired) electrons. The zero-order chi connectivity index (χ0) is 13.2. The molecular formula is C10H12O7. The molecule has 2 N–H and O–H groups in total. The highest BCUT2D eigenvalue weighted by atomic mass is 16.6. The fourth-order valence-corrected chi connectivity index (χ4v) is 1.30. The lowest BCUT2D eigenvalue weighted by molar-refractivity contribution is -0.156. The van der Waals surface area contributed by atoms with E-state index in [-0.39, 0.29) is 5.57 Å². The minimum atomic E-state index is -1.30. The Bertz CT molecular complexity index is 395. The molecule has 0 aromatic heterocycles. The van der Waals surface area contributed by atoms with Crippen LogP contribution in [0.25, 0.3) is 0 Å². The van der Waals surface area contributed by atoms with Gasteiger partial charge in [-0.3, -0.25) is 4.79 Å². The van der Waals surface area contributed by atoms with Crippen molar-refractivity contribution in [2.24, 2.45) is 0 Å². The number of hydrogen-bond donors (Lipinski definition) is 2. The van der Waals surface area contributed by atoms with Gasteiger partial charge in [0.25, 0.3) is 0 Å². The molecule has 1 aliphatic rings. The smallest absolute Gasteiger partial charge is 0.379 e. The predicted molar refractivity (Wildman–Crippen MR) is 52.4 cm³/mol. The van der Waals surface area contributed by atoms with Crippen molar-refractivity contribution < 1.29 is 34.1 Å². The largest absolute Gasteiger partial charge is 0.449 e. The van der Waals surface area contributed by atoms with Gasteiger partial charge in [-0.05, 0) is 6.92 Å². The first-order valence-electron chi connectivity index (χ1n) is 4.82. The standard InChI is InChI=1S/C10H12O7/c1-4-7(6(13)3-11)16-10(15)8(4)17-9(14)5(2)12/h6-7,11,13H,3H2,1-2H3. The van der Waals surface area contributed by atoms with Crippen LogP contribution in [0.15, 0.2) is 11.3 Å². The van der Waals surface area contributed by atoms with Crippen molar-refractivity contribution in [3.8, 4) is 0 Å². The molecule has 0 aromatic rings. The highest BCUT2D eigenvalue weighted by molar-refractivity contribution is 6.33. The molecule has 2 unspecified atom stereocenters. The third-order valence-electron chi connectivity index (χ3n) is 2.22. The van der Waals surface area contributed by atoms with Crippen LogP contribution in [0.3, 0.4) is 0 Å². The summed E-state index contributed by atoms with van der Waals surface area (Å²) in [6.45, 7) is 1.79. The summed E-state index contributed by atoms with van der Waals surface area (Å²) in [4.78, 5) is 33.0. The average Bonchev–Trinajstić information content (AvgIpc) is 2.55. The molecule has 17 heavy (non-hydrogen) atoms. The summed E-state index contributed by atoms with van der Waals surface area (Å²) in [6, 6.07) is 0. The molecule has 0 bridgehead atoms. The second-order valence-corrected chi connectivity index (χ2v) is 3.53. The molecule has 0 spiro atoms. The van der Waals surface area contributed by atoms with Crippen LogP contribution in [-0.4, -0.2) is 46.7 Å². The normalized spacial score (nSPS) is 21.2. The van der Waals surface area contributed by atoms with Crippen molar-refractivity contribution in [1.29, 1.82) is 0 Å². The van der Waals surface area contributed by atoms with E-state index < -0.39 is 42.3 Å². The lowest BCUT2D eigenvalue weighted by Gasteiger charge is -2.15. The van der Waals surface area contributed by atoms with Gasteiger partial charge >= 0.3 is 11.9 Å². The van der Waals surface area contributed by atoms with E-state index in [0.717, 1.165) is 6.92 Å². The topological polar surface area (TPSA) is 110 Å². The molecule has 1 rings (SSSR count). The number of carbonyl (C=O) groups excluding carboxylic acids is 3. The summed E-state index contributed by atoms with van der Waals surface area (Å²) in [5.74, 6) is -3.41. The summed E-state index contributed by atoms with van der Waals surface area (Å²) in [7, 11) is 0. The zero-order valence-corrected chi connectivity index (χ0v) is 9.30. The minimum Gasteiger partial charge on any atom is -0.449 e. The maximum Gasteiger partial charge on any atom is 0.379 e. The third kappa shape index (κ3) is 2.69. The number of aliphatic hydroxyl groups is 2. The van der Waals surface area contributed by atoms with E-state index in [0.29, 0.717) is 0 Å². The van der Waals surface area contributed by atoms with Gasteiger partial charge in [0, 0.05) is 12.5 Å². The quantitative estimate of drug-likeness (QED) is 0.465. The van der Waals surface area contributed by atoms with Gasteiger partial charge in [0.15, 0.2) is 6.10 Å². The molecule has 0 fully saturated rings. The number of cyclic esters (lactones) is 1. The van der Waals surface area contributed by atoms with E-state index in [2.05, 4.69) is 4.74 Å². The molecule has 1 heterocycles. The number of aliphatic hydroxyl groups excluding tert-OH is 2. The van der Waals surface area contributed by atoms with E-state index in [4.69, 9.17) is 9.84 Å². The van der Waals surface area contributed by atoms with E-state index >= 15 is 0 Å². The summed E-state index contributed by atoms with van der Waals surface area (Å²) in [5.41, 5.74) is 0.158. The first-order valence-corrected chi connectivity index (χ1v) is 4.82. The monoisotopic (exact) mass is 244 g/mol. The third-order valence-corrected chi connectivity index (χ3v) is 2.22. The molecule has 0 saturated heterocycles. The van der Waals surface area contributed by atoms with E-state index in [1.807, 2.05) is 0 Å². The van der Waals surface area contributed by atoms with Gasteiger partial charge in [-0.15, -0.1) is 0 Å². The van der Waals surface area contributed by atoms with Crippen molar-refractivity contribution >= 4 is 17.7 Å². The Kier molecular flexibility index (Phi) is 3.97. The van der Waals surface area contributed by atoms with Crippen LogP contribution in [0.1, 0.15) is 13.8 Å². The van der Waals surface area contributed by atoms with Crippen LogP contribution in [0, 0.1) is 0 Å². The molecule has 0 aromatic carbocycles. The van der Waals surface area contributed by atoms with Crippen molar-refractivity contribution in [3.05, 3.63) is 11.3 Å². The van der Waals surface area contributed by atoms with E-state index in [1.54, 1.807) is 0 Å².